The number of hydrogen-bond acceptors (Lipinski definition) is 5. The van der Waals surface area contributed by atoms with Crippen molar-refractivity contribution in [3.8, 4) is 5.88 Å². The van der Waals surface area contributed by atoms with Crippen molar-refractivity contribution in [3.63, 3.8) is 0 Å². The van der Waals surface area contributed by atoms with Gasteiger partial charge >= 0.3 is 0 Å². The molecule has 6 nitrogen and oxygen atoms in total. The van der Waals surface area contributed by atoms with E-state index >= 15 is 0 Å². The molecule has 1 fully saturated rings. The fraction of sp³-hybridized carbons (Fsp3) is 0.600. The van der Waals surface area contributed by atoms with Crippen molar-refractivity contribution in [2.24, 2.45) is 5.92 Å². The zero-order chi connectivity index (χ0) is 15.4. The lowest BCUT2D eigenvalue weighted by atomic mass is 10.1. The van der Waals surface area contributed by atoms with E-state index in [0.717, 1.165) is 18.8 Å². The topological polar surface area (TPSA) is 80.5 Å². The van der Waals surface area contributed by atoms with Gasteiger partial charge in [-0.1, -0.05) is 20.8 Å². The van der Waals surface area contributed by atoms with E-state index in [0.29, 0.717) is 30.6 Å². The quantitative estimate of drug-likeness (QED) is 0.857. The number of hydrogen-bond donors (Lipinski definition) is 2. The summed E-state index contributed by atoms with van der Waals surface area (Å²) < 4.78 is 5.66. The highest BCUT2D eigenvalue weighted by Crippen LogP contribution is 2.26. The molecule has 116 valence electrons. The largest absolute Gasteiger partial charge is 0.476 e. The number of amides is 1. The fourth-order valence-corrected chi connectivity index (χ4v) is 2.36. The third kappa shape index (κ3) is 3.56. The average molecular weight is 292 g/mol. The van der Waals surface area contributed by atoms with Crippen LogP contribution in [-0.2, 0) is 4.79 Å². The Morgan fingerprint density at radius 2 is 2.29 bits per heavy atom. The van der Waals surface area contributed by atoms with Gasteiger partial charge in [-0.2, -0.15) is 4.98 Å². The van der Waals surface area contributed by atoms with Crippen molar-refractivity contribution in [2.75, 3.05) is 30.3 Å². The first kappa shape index (κ1) is 15.4. The van der Waals surface area contributed by atoms with Gasteiger partial charge < -0.3 is 20.7 Å². The number of anilines is 2. The number of aromatic nitrogens is 1. The molecule has 21 heavy (non-hydrogen) atoms. The van der Waals surface area contributed by atoms with Gasteiger partial charge in [0, 0.05) is 13.1 Å². The number of piperazine rings is 1. The van der Waals surface area contributed by atoms with E-state index in [-0.39, 0.29) is 11.9 Å². The van der Waals surface area contributed by atoms with Crippen LogP contribution in [0.1, 0.15) is 27.2 Å². The summed E-state index contributed by atoms with van der Waals surface area (Å²) in [4.78, 5) is 18.5. The van der Waals surface area contributed by atoms with Crippen molar-refractivity contribution in [2.45, 2.75) is 33.2 Å². The maximum Gasteiger partial charge on any atom is 0.242 e. The van der Waals surface area contributed by atoms with Gasteiger partial charge in [-0.25, -0.2) is 0 Å². The highest BCUT2D eigenvalue weighted by molar-refractivity contribution is 5.86. The Labute approximate surface area is 125 Å². The summed E-state index contributed by atoms with van der Waals surface area (Å²) in [5, 5.41) is 2.88. The molecule has 2 heterocycles. The zero-order valence-electron chi connectivity index (χ0n) is 12.9. The summed E-state index contributed by atoms with van der Waals surface area (Å²) in [5.41, 5.74) is 6.44. The Kier molecular flexibility index (Phi) is 4.88. The van der Waals surface area contributed by atoms with E-state index in [1.165, 1.54) is 0 Å². The first-order valence-electron chi connectivity index (χ1n) is 7.46. The Balaban J connectivity index is 2.22. The van der Waals surface area contributed by atoms with Gasteiger partial charge in [0.2, 0.25) is 11.8 Å². The fourth-order valence-electron chi connectivity index (χ4n) is 2.36. The van der Waals surface area contributed by atoms with Crippen LogP contribution in [0.15, 0.2) is 12.1 Å². The smallest absolute Gasteiger partial charge is 0.242 e. The molecule has 1 amide bonds. The van der Waals surface area contributed by atoms with Crippen LogP contribution >= 0.6 is 0 Å². The molecule has 0 radical (unpaired) electrons. The highest BCUT2D eigenvalue weighted by Gasteiger charge is 2.29. The number of nitrogen functional groups attached to an aromatic ring is 1. The number of pyridine rings is 1. The zero-order valence-corrected chi connectivity index (χ0v) is 12.9. The van der Waals surface area contributed by atoms with E-state index in [2.05, 4.69) is 24.1 Å². The molecule has 0 spiro atoms. The van der Waals surface area contributed by atoms with Gasteiger partial charge in [0.05, 0.1) is 12.3 Å². The second kappa shape index (κ2) is 6.65. The minimum atomic E-state index is -0.187. The van der Waals surface area contributed by atoms with Crippen molar-refractivity contribution in [1.29, 1.82) is 0 Å². The second-order valence-corrected chi connectivity index (χ2v) is 5.68. The van der Waals surface area contributed by atoms with Gasteiger partial charge in [-0.05, 0) is 24.5 Å². The van der Waals surface area contributed by atoms with Gasteiger partial charge in [-0.15, -0.1) is 0 Å². The van der Waals surface area contributed by atoms with Gasteiger partial charge in [0.25, 0.3) is 0 Å². The van der Waals surface area contributed by atoms with Gasteiger partial charge in [0.15, 0.2) is 0 Å². The van der Waals surface area contributed by atoms with Crippen LogP contribution in [0.5, 0.6) is 5.88 Å². The molecule has 1 aromatic rings. The lowest BCUT2D eigenvalue weighted by Crippen LogP contribution is -2.55. The summed E-state index contributed by atoms with van der Waals surface area (Å²) in [6, 6.07) is 3.45. The molecule has 6 heteroatoms. The molecule has 2 rings (SSSR count). The molecular weight excluding hydrogens is 268 g/mol. The minimum absolute atomic E-state index is 0.0482. The van der Waals surface area contributed by atoms with E-state index in [1.807, 2.05) is 17.9 Å². The van der Waals surface area contributed by atoms with E-state index in [4.69, 9.17) is 10.5 Å². The Hall–Kier alpha value is -1.98. The number of nitrogens with zero attached hydrogens (tertiary/aromatic N) is 2. The van der Waals surface area contributed by atoms with Crippen LogP contribution in [0.25, 0.3) is 0 Å². The standard InChI is InChI=1S/C15H24N4O2/c1-4-12-14(20)17-7-8-19(12)13-6-5-11(16)15(18-13)21-9-10(2)3/h5-6,10,12H,4,7-9,16H2,1-3H3,(H,17,20). The number of nitrogens with one attached hydrogen (secondary N) is 1. The summed E-state index contributed by atoms with van der Waals surface area (Å²) in [6.07, 6.45) is 0.736. The molecule has 1 unspecified atom stereocenters. The molecular formula is C15H24N4O2. The number of carbonyl (C=O) groups excluding carboxylic acids is 1. The predicted molar refractivity (Wildman–Crippen MR) is 83.4 cm³/mol. The van der Waals surface area contributed by atoms with Crippen molar-refractivity contribution in [1.82, 2.24) is 10.3 Å². The van der Waals surface area contributed by atoms with Crippen LogP contribution in [0, 0.1) is 5.92 Å². The van der Waals surface area contributed by atoms with Gasteiger partial charge in [-0.3, -0.25) is 4.79 Å². The summed E-state index contributed by atoms with van der Waals surface area (Å²) in [5.74, 6) is 1.64. The normalized spacial score (nSPS) is 18.8. The molecule has 1 aliphatic heterocycles. The van der Waals surface area contributed by atoms with Crippen LogP contribution < -0.4 is 20.7 Å². The predicted octanol–water partition coefficient (Wildman–Crippen LogP) is 1.41. The van der Waals surface area contributed by atoms with Crippen molar-refractivity contribution >= 4 is 17.4 Å². The average Bonchev–Trinajstić information content (AvgIpc) is 2.46. The van der Waals surface area contributed by atoms with E-state index in [9.17, 15) is 4.79 Å². The third-order valence-corrected chi connectivity index (χ3v) is 3.44. The number of rotatable bonds is 5. The molecule has 3 N–H and O–H groups in total. The highest BCUT2D eigenvalue weighted by atomic mass is 16.5. The van der Waals surface area contributed by atoms with Crippen molar-refractivity contribution < 1.29 is 9.53 Å². The van der Waals surface area contributed by atoms with Crippen LogP contribution in [0.2, 0.25) is 0 Å². The molecule has 1 aliphatic rings. The first-order valence-corrected chi connectivity index (χ1v) is 7.46. The summed E-state index contributed by atoms with van der Waals surface area (Å²) in [6.45, 7) is 8.08. The van der Waals surface area contributed by atoms with E-state index in [1.54, 1.807) is 6.07 Å². The molecule has 0 aliphatic carbocycles. The number of carbonyl (C=O) groups is 1. The molecule has 0 aromatic carbocycles. The van der Waals surface area contributed by atoms with Gasteiger partial charge in [0.1, 0.15) is 11.9 Å². The lowest BCUT2D eigenvalue weighted by molar-refractivity contribution is -0.123. The molecule has 1 saturated heterocycles. The van der Waals surface area contributed by atoms with Crippen LogP contribution in [0.3, 0.4) is 0 Å². The SMILES string of the molecule is CCC1C(=O)NCCN1c1ccc(N)c(OCC(C)C)n1. The Bertz CT molecular complexity index is 504. The summed E-state index contributed by atoms with van der Waals surface area (Å²) >= 11 is 0. The monoisotopic (exact) mass is 292 g/mol. The second-order valence-electron chi connectivity index (χ2n) is 5.68. The maximum atomic E-state index is 11.9. The molecule has 1 atom stereocenters. The lowest BCUT2D eigenvalue weighted by Gasteiger charge is -2.35. The molecule has 0 bridgehead atoms. The van der Waals surface area contributed by atoms with E-state index < -0.39 is 0 Å². The minimum Gasteiger partial charge on any atom is -0.476 e. The third-order valence-electron chi connectivity index (χ3n) is 3.44. The Morgan fingerprint density at radius 3 is 2.95 bits per heavy atom. The molecule has 1 aromatic heterocycles. The number of nitrogens with two attached hydrogens (primary N) is 1. The van der Waals surface area contributed by atoms with Crippen molar-refractivity contribution in [3.05, 3.63) is 12.1 Å². The molecule has 0 saturated carbocycles. The maximum absolute atomic E-state index is 11.9. The van der Waals surface area contributed by atoms with Crippen LogP contribution in [-0.4, -0.2) is 36.6 Å². The Morgan fingerprint density at radius 1 is 1.52 bits per heavy atom. The first-order chi connectivity index (χ1) is 10.0. The number of ether oxygens (including phenoxy) is 1. The summed E-state index contributed by atoms with van der Waals surface area (Å²) in [7, 11) is 0. The van der Waals surface area contributed by atoms with Crippen LogP contribution in [0.4, 0.5) is 11.5 Å².